The number of aryl methyl sites for hydroxylation is 2. The molecule has 2 N–H and O–H groups in total. The second-order valence-corrected chi connectivity index (χ2v) is 7.43. The molecule has 2 atom stereocenters. The SMILES string of the molecule is CCc1nc(-c2ccc3c(c2)CC[C@H]3CC(=O)c2cnn(CC(O)CO)c2)no1. The van der Waals surface area contributed by atoms with Crippen LogP contribution in [-0.4, -0.2) is 48.6 Å². The van der Waals surface area contributed by atoms with Crippen LogP contribution in [-0.2, 0) is 19.4 Å². The number of hydrogen-bond donors (Lipinski definition) is 2. The summed E-state index contributed by atoms with van der Waals surface area (Å²) in [6.45, 7) is 1.79. The van der Waals surface area contributed by atoms with E-state index < -0.39 is 6.10 Å². The van der Waals surface area contributed by atoms with Gasteiger partial charge in [0.2, 0.25) is 11.7 Å². The van der Waals surface area contributed by atoms with E-state index in [2.05, 4.69) is 27.4 Å². The number of aliphatic hydroxyl groups is 2. The molecule has 3 aromatic rings. The van der Waals surface area contributed by atoms with Gasteiger partial charge in [0.05, 0.1) is 31.0 Å². The summed E-state index contributed by atoms with van der Waals surface area (Å²) >= 11 is 0. The van der Waals surface area contributed by atoms with Gasteiger partial charge in [-0.3, -0.25) is 9.48 Å². The van der Waals surface area contributed by atoms with Crippen LogP contribution in [0.25, 0.3) is 11.4 Å². The van der Waals surface area contributed by atoms with Crippen molar-refractivity contribution in [2.75, 3.05) is 6.61 Å². The number of carbonyl (C=O) groups is 1. The van der Waals surface area contributed by atoms with E-state index in [4.69, 9.17) is 9.63 Å². The van der Waals surface area contributed by atoms with Gasteiger partial charge in [-0.2, -0.15) is 10.1 Å². The Balaban J connectivity index is 1.45. The Morgan fingerprint density at radius 3 is 3.03 bits per heavy atom. The van der Waals surface area contributed by atoms with Crippen molar-refractivity contribution in [2.24, 2.45) is 0 Å². The highest BCUT2D eigenvalue weighted by Gasteiger charge is 2.26. The molecule has 29 heavy (non-hydrogen) atoms. The van der Waals surface area contributed by atoms with Crippen molar-refractivity contribution in [3.8, 4) is 11.4 Å². The van der Waals surface area contributed by atoms with Crippen molar-refractivity contribution in [1.82, 2.24) is 19.9 Å². The Bertz CT molecular complexity index is 1010. The molecule has 1 aromatic carbocycles. The summed E-state index contributed by atoms with van der Waals surface area (Å²) in [6, 6.07) is 6.15. The third-order valence-corrected chi connectivity index (χ3v) is 5.37. The first-order valence-corrected chi connectivity index (χ1v) is 9.87. The Morgan fingerprint density at radius 2 is 2.28 bits per heavy atom. The molecule has 2 aromatic heterocycles. The molecule has 4 rings (SSSR count). The van der Waals surface area contributed by atoms with Crippen molar-refractivity contribution in [3.05, 3.63) is 53.2 Å². The number of Topliss-reactive ketones (excluding diaryl/α,β-unsaturated/α-hetero) is 1. The van der Waals surface area contributed by atoms with Crippen LogP contribution in [0.1, 0.15) is 53.1 Å². The molecule has 2 heterocycles. The van der Waals surface area contributed by atoms with Gasteiger partial charge in [-0.1, -0.05) is 24.2 Å². The highest BCUT2D eigenvalue weighted by Crippen LogP contribution is 2.38. The highest BCUT2D eigenvalue weighted by molar-refractivity contribution is 5.96. The summed E-state index contributed by atoms with van der Waals surface area (Å²) in [5.74, 6) is 1.43. The number of rotatable bonds is 8. The lowest BCUT2D eigenvalue weighted by atomic mass is 9.93. The van der Waals surface area contributed by atoms with Crippen molar-refractivity contribution in [3.63, 3.8) is 0 Å². The molecule has 0 radical (unpaired) electrons. The first-order chi connectivity index (χ1) is 14.1. The van der Waals surface area contributed by atoms with E-state index in [0.717, 1.165) is 18.4 Å². The summed E-state index contributed by atoms with van der Waals surface area (Å²) < 4.78 is 6.68. The number of hydrogen-bond acceptors (Lipinski definition) is 7. The molecule has 1 unspecified atom stereocenters. The predicted octanol–water partition coefficient (Wildman–Crippen LogP) is 2.15. The van der Waals surface area contributed by atoms with E-state index in [1.807, 2.05) is 13.0 Å². The van der Waals surface area contributed by atoms with Crippen LogP contribution in [0, 0.1) is 0 Å². The standard InChI is InChI=1S/C21H24N4O4/c1-2-20-23-21(24-29-20)15-5-6-18-13(7-15)3-4-14(18)8-19(28)16-9-22-25(10-16)11-17(27)12-26/h5-7,9-10,14,17,26-27H,2-4,8,11-12H2,1H3/t14-,17?/m0/s1. The molecular weight excluding hydrogens is 372 g/mol. The molecule has 0 amide bonds. The van der Waals surface area contributed by atoms with Gasteiger partial charge in [0.25, 0.3) is 0 Å². The summed E-state index contributed by atoms with van der Waals surface area (Å²) in [4.78, 5) is 17.1. The number of fused-ring (bicyclic) bond motifs is 1. The lowest BCUT2D eigenvalue weighted by Gasteiger charge is -2.10. The third kappa shape index (κ3) is 4.13. The zero-order valence-corrected chi connectivity index (χ0v) is 16.3. The predicted molar refractivity (Wildman–Crippen MR) is 104 cm³/mol. The molecule has 0 bridgehead atoms. The maximum Gasteiger partial charge on any atom is 0.226 e. The van der Waals surface area contributed by atoms with E-state index in [-0.39, 0.29) is 24.9 Å². The average molecular weight is 396 g/mol. The molecule has 0 saturated carbocycles. The lowest BCUT2D eigenvalue weighted by Crippen LogP contribution is -2.20. The molecule has 0 aliphatic heterocycles. The van der Waals surface area contributed by atoms with Gasteiger partial charge in [0.1, 0.15) is 0 Å². The van der Waals surface area contributed by atoms with Crippen LogP contribution in [0.15, 0.2) is 35.1 Å². The molecule has 0 spiro atoms. The molecule has 8 heteroatoms. The first-order valence-electron chi connectivity index (χ1n) is 9.87. The van der Waals surface area contributed by atoms with E-state index in [0.29, 0.717) is 30.1 Å². The fraction of sp³-hybridized carbons (Fsp3) is 0.429. The van der Waals surface area contributed by atoms with Gasteiger partial charge in [0.15, 0.2) is 5.78 Å². The van der Waals surface area contributed by atoms with Crippen molar-refractivity contribution < 1.29 is 19.5 Å². The van der Waals surface area contributed by atoms with Crippen molar-refractivity contribution in [1.29, 1.82) is 0 Å². The quantitative estimate of drug-likeness (QED) is 0.561. The fourth-order valence-electron chi connectivity index (χ4n) is 3.80. The molecule has 1 aliphatic carbocycles. The molecule has 8 nitrogen and oxygen atoms in total. The van der Waals surface area contributed by atoms with Crippen LogP contribution in [0.5, 0.6) is 0 Å². The average Bonchev–Trinajstić information content (AvgIpc) is 3.47. The minimum atomic E-state index is -0.888. The number of carbonyl (C=O) groups excluding carboxylic acids is 1. The minimum absolute atomic E-state index is 0.0300. The minimum Gasteiger partial charge on any atom is -0.394 e. The van der Waals surface area contributed by atoms with E-state index in [1.165, 1.54) is 22.0 Å². The van der Waals surface area contributed by atoms with Gasteiger partial charge in [-0.25, -0.2) is 0 Å². The third-order valence-electron chi connectivity index (χ3n) is 5.37. The van der Waals surface area contributed by atoms with Crippen molar-refractivity contribution >= 4 is 5.78 Å². The number of benzene rings is 1. The maximum absolute atomic E-state index is 12.7. The monoisotopic (exact) mass is 396 g/mol. The zero-order chi connectivity index (χ0) is 20.4. The number of aromatic nitrogens is 4. The Labute approximate surface area is 168 Å². The van der Waals surface area contributed by atoms with E-state index in [9.17, 15) is 9.90 Å². The number of ketones is 1. The first kappa shape index (κ1) is 19.5. The van der Waals surface area contributed by atoms with Crippen LogP contribution in [0.2, 0.25) is 0 Å². The summed E-state index contributed by atoms with van der Waals surface area (Å²) in [7, 11) is 0. The smallest absolute Gasteiger partial charge is 0.226 e. The molecule has 0 fully saturated rings. The Hall–Kier alpha value is -2.84. The van der Waals surface area contributed by atoms with Gasteiger partial charge < -0.3 is 14.7 Å². The molecular formula is C21H24N4O4. The van der Waals surface area contributed by atoms with Crippen LogP contribution >= 0.6 is 0 Å². The fourth-order valence-corrected chi connectivity index (χ4v) is 3.80. The molecule has 0 saturated heterocycles. The van der Waals surface area contributed by atoms with E-state index >= 15 is 0 Å². The number of nitrogens with zero attached hydrogens (tertiary/aromatic N) is 4. The maximum atomic E-state index is 12.7. The van der Waals surface area contributed by atoms with Crippen LogP contribution in [0.3, 0.4) is 0 Å². The Kier molecular flexibility index (Phi) is 5.55. The highest BCUT2D eigenvalue weighted by atomic mass is 16.5. The summed E-state index contributed by atoms with van der Waals surface area (Å²) in [6.07, 6.45) is 5.23. The Morgan fingerprint density at radius 1 is 1.41 bits per heavy atom. The normalized spacial score (nSPS) is 16.7. The van der Waals surface area contributed by atoms with Crippen molar-refractivity contribution in [2.45, 2.75) is 51.2 Å². The lowest BCUT2D eigenvalue weighted by molar-refractivity contribution is 0.0782. The van der Waals surface area contributed by atoms with Crippen LogP contribution < -0.4 is 0 Å². The second-order valence-electron chi connectivity index (χ2n) is 7.43. The second kappa shape index (κ2) is 8.26. The molecule has 1 aliphatic rings. The largest absolute Gasteiger partial charge is 0.394 e. The summed E-state index contributed by atoms with van der Waals surface area (Å²) in [5.41, 5.74) is 3.89. The van der Waals surface area contributed by atoms with E-state index in [1.54, 1.807) is 6.20 Å². The van der Waals surface area contributed by atoms with Gasteiger partial charge in [-0.05, 0) is 36.0 Å². The molecule has 152 valence electrons. The zero-order valence-electron chi connectivity index (χ0n) is 16.3. The van der Waals surface area contributed by atoms with Gasteiger partial charge >= 0.3 is 0 Å². The summed E-state index contributed by atoms with van der Waals surface area (Å²) in [5, 5.41) is 26.6. The van der Waals surface area contributed by atoms with Gasteiger partial charge in [-0.15, -0.1) is 0 Å². The number of aliphatic hydroxyl groups excluding tert-OH is 2. The van der Waals surface area contributed by atoms with Gasteiger partial charge in [0, 0.05) is 24.6 Å². The topological polar surface area (TPSA) is 114 Å². The van der Waals surface area contributed by atoms with Crippen LogP contribution in [0.4, 0.5) is 0 Å².